The molecule has 0 unspecified atom stereocenters. The predicted molar refractivity (Wildman–Crippen MR) is 104 cm³/mol. The number of rotatable bonds is 0. The molecule has 0 heterocycles. The smallest absolute Gasteiger partial charge is 0.475 e. The Morgan fingerprint density at radius 3 is 0.565 bits per heavy atom. The van der Waals surface area contributed by atoms with Crippen molar-refractivity contribution in [3.63, 3.8) is 0 Å². The molecule has 1 N–H and O–H groups in total. The quantitative estimate of drug-likeness (QED) is 0.410. The van der Waals surface area contributed by atoms with Gasteiger partial charge in [-0.25, -0.2) is 0 Å². The topological polar surface area (TPSA) is 12.0 Å². The van der Waals surface area contributed by atoms with Gasteiger partial charge >= 0.3 is 55.7 Å². The van der Waals surface area contributed by atoms with E-state index in [1.165, 1.54) is 0 Å². The van der Waals surface area contributed by atoms with Crippen LogP contribution < -0.4 is 5.32 Å². The van der Waals surface area contributed by atoms with Gasteiger partial charge in [0.25, 0.3) is 0 Å². The summed E-state index contributed by atoms with van der Waals surface area (Å²) in [6, 6.07) is 0. The molecule has 0 fully saturated rings. The maximum Gasteiger partial charge on any atom is 2.00 e. The van der Waals surface area contributed by atoms with Gasteiger partial charge in [0, 0.05) is 0 Å². The van der Waals surface area contributed by atoms with Crippen molar-refractivity contribution in [3.05, 3.63) is 41.7 Å². The van der Waals surface area contributed by atoms with Gasteiger partial charge in [0.2, 0.25) is 0 Å². The molecule has 0 aliphatic carbocycles. The van der Waals surface area contributed by atoms with Crippen molar-refractivity contribution in [2.24, 2.45) is 17.8 Å². The van der Waals surface area contributed by atoms with Gasteiger partial charge in [-0.1, -0.05) is 49.0 Å². The third kappa shape index (κ3) is 3810. The van der Waals surface area contributed by atoms with Crippen LogP contribution in [0.2, 0.25) is 0 Å². The van der Waals surface area contributed by atoms with E-state index in [1.54, 1.807) is 20.9 Å². The van der Waals surface area contributed by atoms with Crippen LogP contribution in [0.25, 0.3) is 0 Å². The molecule has 0 aliphatic heterocycles. The van der Waals surface area contributed by atoms with Gasteiger partial charge in [0.05, 0.1) is 0 Å². The number of nitrogens with one attached hydrogen (secondary N) is 1. The molecule has 0 aromatic rings. The minimum absolute atomic E-state index is 0. The van der Waals surface area contributed by atoms with Crippen LogP contribution in [0, 0.1) is 59.4 Å². The molecule has 0 saturated heterocycles. The average Bonchev–Trinajstić information content (AvgIpc) is 2.21. The van der Waals surface area contributed by atoms with Crippen LogP contribution in [0.4, 0.5) is 0 Å². The van der Waals surface area contributed by atoms with Crippen molar-refractivity contribution in [2.75, 3.05) is 7.05 Å². The maximum absolute atomic E-state index is 3.64. The monoisotopic (exact) mass is 442 g/mol. The van der Waals surface area contributed by atoms with Gasteiger partial charge in [0.15, 0.2) is 0 Å². The molecule has 0 aromatic carbocycles. The van der Waals surface area contributed by atoms with E-state index in [-0.39, 0.29) is 63.1 Å². The van der Waals surface area contributed by atoms with Crippen LogP contribution >= 0.6 is 0 Å². The third-order valence-corrected chi connectivity index (χ3v) is 0. The van der Waals surface area contributed by atoms with Gasteiger partial charge in [-0.15, -0.1) is 0 Å². The van der Waals surface area contributed by atoms with Crippen LogP contribution in [0.1, 0.15) is 62.8 Å². The Kier molecular flexibility index (Phi) is 249. The number of hydrogen-bond acceptors (Lipinski definition) is 1. The van der Waals surface area contributed by atoms with Crippen LogP contribution in [0.3, 0.4) is 0 Å². The van der Waals surface area contributed by atoms with Crippen molar-refractivity contribution in [1.82, 2.24) is 5.32 Å². The second kappa shape index (κ2) is 89.2. The van der Waals surface area contributed by atoms with Crippen molar-refractivity contribution >= 4 is 0 Å². The molecular weight excluding hydrogens is 395 g/mol. The Morgan fingerprint density at radius 2 is 0.565 bits per heavy atom. The first-order chi connectivity index (χ1) is 8.61. The third-order valence-electron chi connectivity index (χ3n) is 0. The fourth-order valence-corrected chi connectivity index (χ4v) is 0. The minimum Gasteiger partial charge on any atom is -0.475 e. The van der Waals surface area contributed by atoms with Gasteiger partial charge in [-0.2, -0.15) is 31.6 Å². The first kappa shape index (κ1) is 64.2. The van der Waals surface area contributed by atoms with Crippen molar-refractivity contribution in [3.8, 4) is 0 Å². The molecule has 3 radical (unpaired) electrons. The standard InChI is InChI=1S/3C4H9.C2H6N.2C2H5.CH4.3V/c3*1-4(2)3;1-3-2;2*1-2;;;;/h3*4H,1H2,2-3H3;3H,1H2,2H3;2*1H2,2H3;1H4;;;/q6*-1;;3*+2. The summed E-state index contributed by atoms with van der Waals surface area (Å²) in [6.45, 7) is 33.2. The zero-order valence-electron chi connectivity index (χ0n) is 16.8. The Balaban J connectivity index is -0.0000000109. The molecular formula is C19H47NV3. The van der Waals surface area contributed by atoms with E-state index in [0.29, 0.717) is 17.8 Å². The largest absolute Gasteiger partial charge is 2.00 e. The predicted octanol–water partition coefficient (Wildman–Crippen LogP) is 6.74. The summed E-state index contributed by atoms with van der Waals surface area (Å²) >= 11 is 0. The fraction of sp³-hybridized carbons (Fsp3) is 0.684. The second-order valence-electron chi connectivity index (χ2n) is 4.54. The summed E-state index contributed by atoms with van der Waals surface area (Å²) in [4.78, 5) is 0. The first-order valence-corrected chi connectivity index (χ1v) is 6.96. The summed E-state index contributed by atoms with van der Waals surface area (Å²) < 4.78 is 0. The maximum atomic E-state index is 3.64. The first-order valence-electron chi connectivity index (χ1n) is 6.96. The number of hydrogen-bond donors (Lipinski definition) is 1. The van der Waals surface area contributed by atoms with Crippen molar-refractivity contribution in [2.45, 2.75) is 62.8 Å². The van der Waals surface area contributed by atoms with Gasteiger partial charge in [-0.05, 0) is 7.05 Å². The average molecular weight is 442 g/mol. The molecule has 0 aliphatic rings. The summed E-state index contributed by atoms with van der Waals surface area (Å²) in [5.41, 5.74) is 0. The second-order valence-corrected chi connectivity index (χ2v) is 4.54. The van der Waals surface area contributed by atoms with Crippen LogP contribution in [0.15, 0.2) is 0 Å². The zero-order chi connectivity index (χ0) is 17.4. The van der Waals surface area contributed by atoms with E-state index in [4.69, 9.17) is 0 Å². The SMILES string of the molecule is C.[CH2-]C.[CH2-]C.[CH2-]C(C)C.[CH2-]C(C)C.[CH2-]C(C)C.[CH2-]NC.[V+2].[V+2].[V+2]. The van der Waals surface area contributed by atoms with Crippen LogP contribution in [-0.4, -0.2) is 7.05 Å². The molecule has 0 aromatic heterocycles. The van der Waals surface area contributed by atoms with Crippen molar-refractivity contribution in [1.29, 1.82) is 0 Å². The molecule has 4 heteroatoms. The molecule has 143 valence electrons. The van der Waals surface area contributed by atoms with Crippen molar-refractivity contribution < 1.29 is 55.7 Å². The molecule has 0 saturated carbocycles. The molecule has 0 amide bonds. The molecule has 0 rings (SSSR count). The van der Waals surface area contributed by atoms with E-state index in [2.05, 4.69) is 88.5 Å². The summed E-state index contributed by atoms with van der Waals surface area (Å²) in [5, 5.41) is 2.50. The minimum atomic E-state index is 0. The Bertz CT molecular complexity index is 56.5. The van der Waals surface area contributed by atoms with Crippen LogP contribution in [-0.2, 0) is 55.7 Å². The van der Waals surface area contributed by atoms with Gasteiger partial charge in [-0.3, -0.25) is 7.05 Å². The van der Waals surface area contributed by atoms with E-state index >= 15 is 0 Å². The molecule has 0 bridgehead atoms. The molecule has 23 heavy (non-hydrogen) atoms. The fourth-order valence-electron chi connectivity index (χ4n) is 0. The Morgan fingerprint density at radius 1 is 0.565 bits per heavy atom. The molecule has 0 atom stereocenters. The van der Waals surface area contributed by atoms with E-state index in [9.17, 15) is 0 Å². The van der Waals surface area contributed by atoms with Gasteiger partial charge in [0.1, 0.15) is 0 Å². The van der Waals surface area contributed by atoms with E-state index in [1.807, 2.05) is 0 Å². The van der Waals surface area contributed by atoms with E-state index in [0.717, 1.165) is 0 Å². The Labute approximate surface area is 189 Å². The summed E-state index contributed by atoms with van der Waals surface area (Å²) in [6.07, 6.45) is 0. The van der Waals surface area contributed by atoms with E-state index < -0.39 is 0 Å². The molecule has 1 nitrogen and oxygen atoms in total. The van der Waals surface area contributed by atoms with Crippen LogP contribution in [0.5, 0.6) is 0 Å². The molecule has 0 spiro atoms. The summed E-state index contributed by atoms with van der Waals surface area (Å²) in [5.74, 6) is 1.75. The summed E-state index contributed by atoms with van der Waals surface area (Å²) in [7, 11) is 5.00. The Hall–Kier alpha value is 1.71. The normalized spacial score (nSPS) is 6.00. The van der Waals surface area contributed by atoms with Gasteiger partial charge < -0.3 is 39.9 Å². The zero-order valence-corrected chi connectivity index (χ0v) is 21.0.